The maximum absolute atomic E-state index is 11.1. The fraction of sp³-hybridized carbons (Fsp3) is 0.475. The molecule has 2 heterocycles. The number of aryl methyl sites for hydroxylation is 3. The van der Waals surface area contributed by atoms with E-state index in [1.54, 1.807) is 43.1 Å². The number of carboxylic acids is 1. The Bertz CT molecular complexity index is 1940. The van der Waals surface area contributed by atoms with Crippen LogP contribution < -0.4 is 10.6 Å². The zero-order chi connectivity index (χ0) is 44.7. The van der Waals surface area contributed by atoms with E-state index in [9.17, 15) is 25.2 Å². The molecule has 4 aromatic rings. The molecule has 2 aromatic heterocycles. The molecule has 5 rings (SSSR count). The fourth-order valence-corrected chi connectivity index (χ4v) is 6.09. The number of aromatic hydroxyl groups is 2. The van der Waals surface area contributed by atoms with Crippen molar-refractivity contribution in [3.8, 4) is 28.6 Å². The van der Waals surface area contributed by atoms with E-state index in [1.807, 2.05) is 13.0 Å². The van der Waals surface area contributed by atoms with E-state index in [4.69, 9.17) is 50.4 Å². The minimum Gasteiger partial charge on any atom is -0.505 e. The Labute approximate surface area is 345 Å². The molecule has 0 spiro atoms. The third-order valence-corrected chi connectivity index (χ3v) is 9.58. The number of likely N-dealkylation sites (N-methyl/N-ethyl adjacent to an activating group) is 2. The maximum Gasteiger partial charge on any atom is 0.371 e. The number of nitrogens with one attached hydrogen (secondary N) is 2. The van der Waals surface area contributed by atoms with Gasteiger partial charge in [-0.2, -0.15) is 0 Å². The first kappa shape index (κ1) is 49.6. The highest BCUT2D eigenvalue weighted by atomic mass is 16.4. The minimum absolute atomic E-state index is 0.0372. The van der Waals surface area contributed by atoms with Gasteiger partial charge < -0.3 is 81.4 Å². The summed E-state index contributed by atoms with van der Waals surface area (Å²) in [6.45, 7) is 0.692. The van der Waals surface area contributed by atoms with Gasteiger partial charge in [0.05, 0.1) is 31.0 Å². The van der Waals surface area contributed by atoms with Crippen LogP contribution in [0.4, 0.5) is 11.4 Å². The normalized spacial score (nSPS) is 16.6. The maximum atomic E-state index is 11.1. The lowest BCUT2D eigenvalue weighted by Gasteiger charge is -2.25. The number of nitrogens with zero attached hydrogens (tertiary/aromatic N) is 3. The van der Waals surface area contributed by atoms with Crippen LogP contribution in [-0.4, -0.2) is 166 Å². The number of aliphatic hydroxyl groups excluding tert-OH is 10. The molecule has 0 fully saturated rings. The van der Waals surface area contributed by atoms with Crippen molar-refractivity contribution in [2.45, 2.75) is 81.4 Å². The summed E-state index contributed by atoms with van der Waals surface area (Å²) in [6.07, 6.45) is -4.98. The Kier molecular flexibility index (Phi) is 19.7. The number of carbonyl (C=O) groups is 1. The van der Waals surface area contributed by atoms with Gasteiger partial charge in [-0.05, 0) is 99.8 Å². The minimum atomic E-state index is -1.55. The van der Waals surface area contributed by atoms with E-state index in [2.05, 4.69) is 33.0 Å². The lowest BCUT2D eigenvalue weighted by atomic mass is 9.91. The number of hydrogen-bond acceptors (Lipinski definition) is 18. The number of rotatable bonds is 17. The lowest BCUT2D eigenvalue weighted by Crippen LogP contribution is -2.48. The highest BCUT2D eigenvalue weighted by molar-refractivity contribution is 5.85. The molecular formula is C40H57N5O15. The molecule has 0 bridgehead atoms. The fourth-order valence-electron chi connectivity index (χ4n) is 6.09. The first-order valence-electron chi connectivity index (χ1n) is 19.1. The van der Waals surface area contributed by atoms with Gasteiger partial charge in [-0.3, -0.25) is 4.57 Å². The molecule has 0 aliphatic heterocycles. The summed E-state index contributed by atoms with van der Waals surface area (Å²) in [5.41, 5.74) is 5.01. The number of para-hydroxylation sites is 1. The molecule has 2 aromatic carbocycles. The van der Waals surface area contributed by atoms with Gasteiger partial charge in [-0.15, -0.1) is 10.2 Å². The molecule has 20 heteroatoms. The van der Waals surface area contributed by atoms with Crippen LogP contribution in [0.1, 0.15) is 40.1 Å². The van der Waals surface area contributed by atoms with Gasteiger partial charge in [0, 0.05) is 25.0 Å². The SMILES string of the molecule is CNC[C@H](O)[C@@H](O)[C@H](O)[C@H](O)CO.CNC[C@H](O)[C@@H](O)[C@H](O)[C@H](O)CO.Cc1cn(-c2ccc3c(c2)CCCC3)c(O)c1N=Nc1cccc(-c2ccc(C(=O)O)o2)c1O. The number of aromatic nitrogens is 1. The van der Waals surface area contributed by atoms with Crippen molar-refractivity contribution in [2.75, 3.05) is 40.4 Å². The number of furan rings is 1. The summed E-state index contributed by atoms with van der Waals surface area (Å²) in [6, 6.07) is 13.8. The second-order valence-corrected chi connectivity index (χ2v) is 14.1. The number of benzene rings is 2. The van der Waals surface area contributed by atoms with Gasteiger partial charge in [0.15, 0.2) is 11.4 Å². The number of aliphatic hydroxyl groups is 10. The number of phenols is 1. The van der Waals surface area contributed by atoms with E-state index >= 15 is 0 Å². The molecule has 1 aliphatic rings. The number of hydrogen-bond donors (Lipinski definition) is 15. The molecule has 8 atom stereocenters. The quantitative estimate of drug-likeness (QED) is 0.0608. The van der Waals surface area contributed by atoms with Crippen LogP contribution in [0.2, 0.25) is 0 Å². The lowest BCUT2D eigenvalue weighted by molar-refractivity contribution is -0.113. The van der Waals surface area contributed by atoms with E-state index in [0.29, 0.717) is 5.69 Å². The molecule has 0 amide bonds. The highest BCUT2D eigenvalue weighted by Gasteiger charge is 2.30. The second kappa shape index (κ2) is 23.8. The summed E-state index contributed by atoms with van der Waals surface area (Å²) in [7, 11) is 3.15. The Morgan fingerprint density at radius 3 is 1.82 bits per heavy atom. The summed E-state index contributed by atoms with van der Waals surface area (Å²) < 4.78 is 6.97. The molecular weight excluding hydrogens is 790 g/mol. The van der Waals surface area contributed by atoms with Crippen LogP contribution in [0.15, 0.2) is 69.4 Å². The first-order chi connectivity index (χ1) is 28.5. The van der Waals surface area contributed by atoms with E-state index in [0.717, 1.165) is 24.1 Å². The Balaban J connectivity index is 0.000000306. The monoisotopic (exact) mass is 847 g/mol. The van der Waals surface area contributed by atoms with Crippen molar-refractivity contribution in [2.24, 2.45) is 10.2 Å². The average molecular weight is 848 g/mol. The molecule has 15 N–H and O–H groups in total. The molecule has 60 heavy (non-hydrogen) atoms. The van der Waals surface area contributed by atoms with Gasteiger partial charge in [-0.1, -0.05) is 12.1 Å². The van der Waals surface area contributed by atoms with Crippen molar-refractivity contribution in [3.63, 3.8) is 0 Å². The Morgan fingerprint density at radius 1 is 0.750 bits per heavy atom. The molecule has 1 aliphatic carbocycles. The summed E-state index contributed by atoms with van der Waals surface area (Å²) in [5, 5.41) is 134. The smallest absolute Gasteiger partial charge is 0.371 e. The van der Waals surface area contributed by atoms with Crippen molar-refractivity contribution < 1.29 is 75.6 Å². The zero-order valence-corrected chi connectivity index (χ0v) is 33.4. The van der Waals surface area contributed by atoms with Crippen LogP contribution in [-0.2, 0) is 12.8 Å². The predicted molar refractivity (Wildman–Crippen MR) is 216 cm³/mol. The highest BCUT2D eigenvalue weighted by Crippen LogP contribution is 2.41. The standard InChI is InChI=1S/C26H23N3O5.2C7H17NO5/c1-15-14-29(18-10-9-16-5-2-3-6-17(16)13-18)25(31)23(15)28-27-20-8-4-7-19(24(20)30)21-11-12-22(34-21)26(32)33;2*1-8-2-4(10)6(12)7(13)5(11)3-9/h4,7-14,30-31H,2-3,5-6H2,1H3,(H,32,33);2*4-13H,2-3H2,1H3/t;2*4-,5+,6+,7+/m.00/s1. The number of azo groups is 1. The molecule has 0 saturated carbocycles. The van der Waals surface area contributed by atoms with Crippen molar-refractivity contribution in [3.05, 3.63) is 77.2 Å². The van der Waals surface area contributed by atoms with Gasteiger partial charge >= 0.3 is 5.97 Å². The summed E-state index contributed by atoms with van der Waals surface area (Å²) in [5.74, 6) is -1.47. The average Bonchev–Trinajstić information content (AvgIpc) is 3.86. The van der Waals surface area contributed by atoms with Gasteiger partial charge in [0.2, 0.25) is 11.6 Å². The predicted octanol–water partition coefficient (Wildman–Crippen LogP) is -0.267. The number of fused-ring (bicyclic) bond motifs is 1. The Morgan fingerprint density at radius 2 is 1.30 bits per heavy atom. The summed E-state index contributed by atoms with van der Waals surface area (Å²) in [4.78, 5) is 11.1. The second-order valence-electron chi connectivity index (χ2n) is 14.1. The molecule has 0 saturated heterocycles. The van der Waals surface area contributed by atoms with Crippen LogP contribution in [0.5, 0.6) is 11.6 Å². The molecule has 332 valence electrons. The third-order valence-electron chi connectivity index (χ3n) is 9.58. The molecule has 0 radical (unpaired) electrons. The molecule has 20 nitrogen and oxygen atoms in total. The first-order valence-corrected chi connectivity index (χ1v) is 19.1. The van der Waals surface area contributed by atoms with E-state index < -0.39 is 68.0 Å². The third kappa shape index (κ3) is 13.1. The number of carboxylic acid groups (broad SMARTS) is 1. The number of aromatic carboxylic acids is 1. The zero-order valence-electron chi connectivity index (χ0n) is 33.4. The molecule has 0 unspecified atom stereocenters. The van der Waals surface area contributed by atoms with Crippen molar-refractivity contribution in [1.82, 2.24) is 15.2 Å². The van der Waals surface area contributed by atoms with Crippen molar-refractivity contribution >= 4 is 17.3 Å². The summed E-state index contributed by atoms with van der Waals surface area (Å²) >= 11 is 0. The van der Waals surface area contributed by atoms with Crippen LogP contribution in [0.25, 0.3) is 17.0 Å². The van der Waals surface area contributed by atoms with Crippen molar-refractivity contribution in [1.29, 1.82) is 0 Å². The van der Waals surface area contributed by atoms with Crippen LogP contribution in [0, 0.1) is 6.92 Å². The van der Waals surface area contributed by atoms with Crippen LogP contribution >= 0.6 is 0 Å². The van der Waals surface area contributed by atoms with Gasteiger partial charge in [-0.25, -0.2) is 4.79 Å². The van der Waals surface area contributed by atoms with Crippen LogP contribution in [0.3, 0.4) is 0 Å². The number of phenolic OH excluding ortho intramolecular Hbond substituents is 1. The van der Waals surface area contributed by atoms with Gasteiger partial charge in [0.25, 0.3) is 0 Å². The van der Waals surface area contributed by atoms with Gasteiger partial charge in [0.1, 0.15) is 48.1 Å². The topological polar surface area (TPSA) is 347 Å². The van der Waals surface area contributed by atoms with E-state index in [1.165, 1.54) is 36.1 Å². The van der Waals surface area contributed by atoms with E-state index in [-0.39, 0.29) is 47.5 Å². The Hall–Kier alpha value is -4.81. The largest absolute Gasteiger partial charge is 0.505 e.